The van der Waals surface area contributed by atoms with Crippen LogP contribution in [0.25, 0.3) is 0 Å². The molecule has 0 aliphatic rings. The topological polar surface area (TPSA) is 39.7 Å². The van der Waals surface area contributed by atoms with Crippen LogP contribution in [0.2, 0.25) is 0 Å². The monoisotopic (exact) mass is 331 g/mol. The highest BCUT2D eigenvalue weighted by molar-refractivity contribution is 4.59. The zero-order chi connectivity index (χ0) is 17.2. The molecule has 0 fully saturated rings. The Morgan fingerprint density at radius 1 is 0.609 bits per heavy atom. The minimum atomic E-state index is -0.816. The van der Waals surface area contributed by atoms with Crippen molar-refractivity contribution in [3.63, 3.8) is 0 Å². The molecule has 0 aromatic heterocycles. The average Bonchev–Trinajstić information content (AvgIpc) is 2.53. The van der Waals surface area contributed by atoms with Crippen LogP contribution in [0.15, 0.2) is 0 Å². The van der Waals surface area contributed by atoms with E-state index in [0.717, 1.165) is 19.4 Å². The van der Waals surface area contributed by atoms with Gasteiger partial charge >= 0.3 is 0 Å². The highest BCUT2D eigenvalue weighted by Crippen LogP contribution is 2.24. The minimum absolute atomic E-state index is 0.617. The van der Waals surface area contributed by atoms with E-state index in [2.05, 4.69) is 12.2 Å². The Morgan fingerprint density at radius 3 is 1.57 bits per heavy atom. The molecular weight excluding hydrogens is 290 g/mol. The summed E-state index contributed by atoms with van der Waals surface area (Å²) in [6.07, 6.45) is 11.0. The molecule has 0 radical (unpaired) electrons. The molecule has 23 heavy (non-hydrogen) atoms. The van der Waals surface area contributed by atoms with Crippen LogP contribution in [0.4, 0.5) is 0 Å². The van der Waals surface area contributed by atoms with Crippen molar-refractivity contribution in [2.45, 2.75) is 91.5 Å². The zero-order valence-electron chi connectivity index (χ0n) is 16.1. The van der Waals surface area contributed by atoms with Gasteiger partial charge in [0.15, 0.2) is 0 Å². The number of rotatable bonds is 18. The molecule has 0 rings (SSSR count). The lowest BCUT2D eigenvalue weighted by atomic mass is 10.1. The van der Waals surface area contributed by atoms with Crippen molar-refractivity contribution in [1.29, 1.82) is 0 Å². The first-order valence-electron chi connectivity index (χ1n) is 9.87. The molecule has 0 saturated carbocycles. The zero-order valence-corrected chi connectivity index (χ0v) is 16.1. The minimum Gasteiger partial charge on any atom is -0.328 e. The van der Waals surface area contributed by atoms with Gasteiger partial charge in [0.25, 0.3) is 5.97 Å². The fourth-order valence-corrected chi connectivity index (χ4v) is 2.78. The summed E-state index contributed by atoms with van der Waals surface area (Å²) >= 11 is 0. The van der Waals surface area contributed by atoms with Crippen LogP contribution in [0.3, 0.4) is 0 Å². The van der Waals surface area contributed by atoms with E-state index in [4.69, 9.17) is 14.2 Å². The van der Waals surface area contributed by atoms with E-state index < -0.39 is 5.97 Å². The standard InChI is InChI=1S/C19H41NO3/c1-5-17-20-18-15-13-11-9-10-12-14-16-19(21-6-2,22-7-3)23-8-4/h20H,5-18H2,1-4H3. The maximum atomic E-state index is 5.75. The molecule has 0 unspecified atom stereocenters. The first-order valence-corrected chi connectivity index (χ1v) is 9.87. The molecule has 1 N–H and O–H groups in total. The van der Waals surface area contributed by atoms with Gasteiger partial charge in [0.05, 0.1) is 0 Å². The lowest BCUT2D eigenvalue weighted by molar-refractivity contribution is -0.380. The number of nitrogens with one attached hydrogen (secondary N) is 1. The molecule has 0 bridgehead atoms. The van der Waals surface area contributed by atoms with Gasteiger partial charge < -0.3 is 19.5 Å². The van der Waals surface area contributed by atoms with Crippen molar-refractivity contribution in [2.24, 2.45) is 0 Å². The van der Waals surface area contributed by atoms with Gasteiger partial charge in [-0.25, -0.2) is 0 Å². The number of unbranched alkanes of at least 4 members (excludes halogenated alkanes) is 6. The Morgan fingerprint density at radius 2 is 1.09 bits per heavy atom. The molecule has 0 heterocycles. The van der Waals surface area contributed by atoms with E-state index in [-0.39, 0.29) is 0 Å². The summed E-state index contributed by atoms with van der Waals surface area (Å²) in [5.74, 6) is -0.816. The van der Waals surface area contributed by atoms with Crippen molar-refractivity contribution >= 4 is 0 Å². The summed E-state index contributed by atoms with van der Waals surface area (Å²) in [6.45, 7) is 12.4. The van der Waals surface area contributed by atoms with Gasteiger partial charge in [0.2, 0.25) is 0 Å². The number of ether oxygens (including phenoxy) is 3. The molecule has 4 heteroatoms. The van der Waals surface area contributed by atoms with Gasteiger partial charge in [-0.15, -0.1) is 0 Å². The van der Waals surface area contributed by atoms with Gasteiger partial charge in [0.1, 0.15) is 0 Å². The third-order valence-corrected chi connectivity index (χ3v) is 3.86. The van der Waals surface area contributed by atoms with Crippen molar-refractivity contribution < 1.29 is 14.2 Å². The normalized spacial score (nSPS) is 12.0. The third kappa shape index (κ3) is 12.9. The van der Waals surface area contributed by atoms with Crippen LogP contribution in [0, 0.1) is 0 Å². The number of hydrogen-bond acceptors (Lipinski definition) is 4. The van der Waals surface area contributed by atoms with Crippen LogP contribution in [0.5, 0.6) is 0 Å². The van der Waals surface area contributed by atoms with Gasteiger partial charge in [-0.1, -0.05) is 39.0 Å². The largest absolute Gasteiger partial charge is 0.328 e. The van der Waals surface area contributed by atoms with Crippen LogP contribution < -0.4 is 5.32 Å². The van der Waals surface area contributed by atoms with Crippen LogP contribution in [-0.2, 0) is 14.2 Å². The van der Waals surface area contributed by atoms with Gasteiger partial charge in [-0.05, 0) is 53.1 Å². The Labute approximate surface area is 144 Å². The summed E-state index contributed by atoms with van der Waals surface area (Å²) in [6, 6.07) is 0. The fourth-order valence-electron chi connectivity index (χ4n) is 2.78. The number of hydrogen-bond donors (Lipinski definition) is 1. The molecule has 0 aliphatic carbocycles. The van der Waals surface area contributed by atoms with Crippen LogP contribution >= 0.6 is 0 Å². The maximum absolute atomic E-state index is 5.75. The fraction of sp³-hybridized carbons (Fsp3) is 1.00. The molecule has 0 aliphatic heterocycles. The summed E-state index contributed by atoms with van der Waals surface area (Å²) in [7, 11) is 0. The maximum Gasteiger partial charge on any atom is 0.282 e. The second-order valence-electron chi connectivity index (χ2n) is 5.96. The molecule has 0 aromatic carbocycles. The molecule has 0 amide bonds. The van der Waals surface area contributed by atoms with Gasteiger partial charge in [-0.3, -0.25) is 0 Å². The predicted molar refractivity (Wildman–Crippen MR) is 97.7 cm³/mol. The lowest BCUT2D eigenvalue weighted by Gasteiger charge is -2.32. The van der Waals surface area contributed by atoms with Crippen molar-refractivity contribution in [1.82, 2.24) is 5.32 Å². The summed E-state index contributed by atoms with van der Waals surface area (Å²) in [5, 5.41) is 3.46. The van der Waals surface area contributed by atoms with Crippen molar-refractivity contribution in [3.8, 4) is 0 Å². The second-order valence-corrected chi connectivity index (χ2v) is 5.96. The highest BCUT2D eigenvalue weighted by atomic mass is 16.9. The molecule has 0 aromatic rings. The molecule has 140 valence electrons. The third-order valence-electron chi connectivity index (χ3n) is 3.86. The molecule has 0 atom stereocenters. The average molecular weight is 332 g/mol. The first-order chi connectivity index (χ1) is 11.2. The van der Waals surface area contributed by atoms with E-state index in [1.54, 1.807) is 0 Å². The van der Waals surface area contributed by atoms with Gasteiger partial charge in [0, 0.05) is 26.2 Å². The molecule has 0 spiro atoms. The van der Waals surface area contributed by atoms with E-state index in [0.29, 0.717) is 19.8 Å². The highest BCUT2D eigenvalue weighted by Gasteiger charge is 2.31. The van der Waals surface area contributed by atoms with E-state index in [1.807, 2.05) is 20.8 Å². The summed E-state index contributed by atoms with van der Waals surface area (Å²) < 4.78 is 17.3. The molecule has 0 saturated heterocycles. The Hall–Kier alpha value is -0.160. The molecule has 4 nitrogen and oxygen atoms in total. The SMILES string of the molecule is CCCNCCCCCCCCCC(OCC)(OCC)OCC. The lowest BCUT2D eigenvalue weighted by Crippen LogP contribution is -2.39. The van der Waals surface area contributed by atoms with Crippen LogP contribution in [0.1, 0.15) is 85.5 Å². The summed E-state index contributed by atoms with van der Waals surface area (Å²) in [5.41, 5.74) is 0. The quantitative estimate of drug-likeness (QED) is 0.287. The molecular formula is C19H41NO3. The van der Waals surface area contributed by atoms with Crippen molar-refractivity contribution in [2.75, 3.05) is 32.9 Å². The summed E-state index contributed by atoms with van der Waals surface area (Å²) in [4.78, 5) is 0. The Kier molecular flexibility index (Phi) is 16.6. The smallest absolute Gasteiger partial charge is 0.282 e. The second kappa shape index (κ2) is 16.7. The predicted octanol–water partition coefficient (Wildman–Crippen LogP) is 4.87. The first kappa shape index (κ1) is 22.8. The van der Waals surface area contributed by atoms with Crippen LogP contribution in [-0.4, -0.2) is 38.9 Å². The Balaban J connectivity index is 3.65. The van der Waals surface area contributed by atoms with E-state index in [1.165, 1.54) is 51.5 Å². The van der Waals surface area contributed by atoms with Gasteiger partial charge in [-0.2, -0.15) is 0 Å². The van der Waals surface area contributed by atoms with E-state index in [9.17, 15) is 0 Å². The van der Waals surface area contributed by atoms with Crippen molar-refractivity contribution in [3.05, 3.63) is 0 Å². The van der Waals surface area contributed by atoms with E-state index >= 15 is 0 Å². The Bertz CT molecular complexity index is 220.